The maximum absolute atomic E-state index is 5.15. The molecule has 0 heterocycles. The van der Waals surface area contributed by atoms with Crippen LogP contribution in [-0.2, 0) is 0 Å². The van der Waals surface area contributed by atoms with Gasteiger partial charge in [0.15, 0.2) is 5.11 Å². The van der Waals surface area contributed by atoms with Crippen molar-refractivity contribution < 1.29 is 0 Å². The molecule has 0 aromatic heterocycles. The molecule has 1 aliphatic rings. The summed E-state index contributed by atoms with van der Waals surface area (Å²) < 4.78 is 0. The molecule has 18 heavy (non-hydrogen) atoms. The molecule has 0 radical (unpaired) electrons. The lowest BCUT2D eigenvalue weighted by Gasteiger charge is -2.22. The van der Waals surface area contributed by atoms with E-state index in [0.717, 1.165) is 18.6 Å². The fraction of sp³-hybridized carbons (Fsp3) is 0.571. The zero-order valence-electron chi connectivity index (χ0n) is 11.7. The normalized spacial score (nSPS) is 21.7. The molecule has 1 aliphatic carbocycles. The molecule has 1 rings (SSSR count). The third kappa shape index (κ3) is 4.61. The van der Waals surface area contributed by atoms with Gasteiger partial charge in [0.1, 0.15) is 0 Å². The second kappa shape index (κ2) is 6.69. The van der Waals surface area contributed by atoms with Gasteiger partial charge in [0.25, 0.3) is 0 Å². The van der Waals surface area contributed by atoms with E-state index in [2.05, 4.69) is 42.3 Å². The molecule has 2 N–H and O–H groups in total. The largest absolute Gasteiger partial charge is 0.359 e. The Kier molecular flexibility index (Phi) is 5.54. The van der Waals surface area contributed by atoms with Crippen molar-refractivity contribution >= 4 is 23.0 Å². The van der Waals surface area contributed by atoms with Crippen LogP contribution in [0.1, 0.15) is 40.5 Å². The quantitative estimate of drug-likeness (QED) is 0.467. The lowest BCUT2D eigenvalue weighted by Crippen LogP contribution is -2.37. The molecule has 0 amide bonds. The van der Waals surface area contributed by atoms with E-state index in [0.29, 0.717) is 17.1 Å². The zero-order chi connectivity index (χ0) is 13.7. The van der Waals surface area contributed by atoms with E-state index in [1.165, 1.54) is 11.1 Å². The third-order valence-corrected chi connectivity index (χ3v) is 3.22. The van der Waals surface area contributed by atoms with E-state index in [-0.39, 0.29) is 0 Å². The highest BCUT2D eigenvalue weighted by Gasteiger charge is 2.18. The van der Waals surface area contributed by atoms with E-state index in [1.54, 1.807) is 0 Å². The van der Waals surface area contributed by atoms with E-state index in [1.807, 2.05) is 13.8 Å². The highest BCUT2D eigenvalue weighted by molar-refractivity contribution is 7.80. The Balaban J connectivity index is 2.64. The number of allylic oxidation sites excluding steroid dienone is 3. The first kappa shape index (κ1) is 14.9. The third-order valence-electron chi connectivity index (χ3n) is 3.01. The Morgan fingerprint density at radius 3 is 2.78 bits per heavy atom. The van der Waals surface area contributed by atoms with Crippen molar-refractivity contribution in [3.63, 3.8) is 0 Å². The molecule has 0 aromatic carbocycles. The molecular formula is C14H23N3S. The highest BCUT2D eigenvalue weighted by atomic mass is 32.1. The van der Waals surface area contributed by atoms with Crippen LogP contribution in [0.25, 0.3) is 0 Å². The van der Waals surface area contributed by atoms with Crippen LogP contribution in [0.4, 0.5) is 0 Å². The van der Waals surface area contributed by atoms with Crippen molar-refractivity contribution in [3.8, 4) is 0 Å². The number of hydrogen-bond acceptors (Lipinski definition) is 2. The second-order valence-electron chi connectivity index (χ2n) is 5.17. The lowest BCUT2D eigenvalue weighted by molar-refractivity contribution is 0.636. The summed E-state index contributed by atoms with van der Waals surface area (Å²) in [7, 11) is 0. The molecule has 100 valence electrons. The summed E-state index contributed by atoms with van der Waals surface area (Å²) in [5.41, 5.74) is 6.43. The maximum Gasteiger partial charge on any atom is 0.187 e. The first-order valence-electron chi connectivity index (χ1n) is 6.35. The smallest absolute Gasteiger partial charge is 0.187 e. The van der Waals surface area contributed by atoms with Gasteiger partial charge < -0.3 is 5.32 Å². The second-order valence-corrected chi connectivity index (χ2v) is 5.58. The fourth-order valence-electron chi connectivity index (χ4n) is 1.84. The van der Waals surface area contributed by atoms with Crippen LogP contribution in [0.2, 0.25) is 0 Å². The van der Waals surface area contributed by atoms with Gasteiger partial charge in [-0.05, 0) is 64.2 Å². The van der Waals surface area contributed by atoms with Crippen LogP contribution >= 0.6 is 12.2 Å². The molecule has 0 saturated carbocycles. The van der Waals surface area contributed by atoms with E-state index in [4.69, 9.17) is 12.2 Å². The van der Waals surface area contributed by atoms with Gasteiger partial charge in [0, 0.05) is 6.04 Å². The molecule has 0 bridgehead atoms. The van der Waals surface area contributed by atoms with Gasteiger partial charge in [0.05, 0.1) is 5.71 Å². The topological polar surface area (TPSA) is 36.4 Å². The van der Waals surface area contributed by atoms with Gasteiger partial charge in [-0.3, -0.25) is 5.43 Å². The fourth-order valence-corrected chi connectivity index (χ4v) is 2.12. The Morgan fingerprint density at radius 1 is 1.56 bits per heavy atom. The summed E-state index contributed by atoms with van der Waals surface area (Å²) in [6, 6.07) is 0.316. The van der Waals surface area contributed by atoms with Crippen molar-refractivity contribution in [2.24, 2.45) is 11.0 Å². The molecule has 0 aliphatic heterocycles. The van der Waals surface area contributed by atoms with Gasteiger partial charge in [-0.1, -0.05) is 18.2 Å². The van der Waals surface area contributed by atoms with E-state index >= 15 is 0 Å². The van der Waals surface area contributed by atoms with Crippen LogP contribution in [0, 0.1) is 5.92 Å². The van der Waals surface area contributed by atoms with Gasteiger partial charge in [0.2, 0.25) is 0 Å². The predicted octanol–water partition coefficient (Wildman–Crippen LogP) is 3.15. The summed E-state index contributed by atoms with van der Waals surface area (Å²) in [6.45, 7) is 12.3. The predicted molar refractivity (Wildman–Crippen MR) is 82.7 cm³/mol. The van der Waals surface area contributed by atoms with Gasteiger partial charge >= 0.3 is 0 Å². The summed E-state index contributed by atoms with van der Waals surface area (Å²) in [5, 5.41) is 8.08. The van der Waals surface area contributed by atoms with Crippen molar-refractivity contribution in [2.45, 2.75) is 46.6 Å². The number of hydrogen-bond donors (Lipinski definition) is 2. The Morgan fingerprint density at radius 2 is 2.22 bits per heavy atom. The van der Waals surface area contributed by atoms with Crippen LogP contribution < -0.4 is 10.7 Å². The highest BCUT2D eigenvalue weighted by Crippen LogP contribution is 2.26. The van der Waals surface area contributed by atoms with Crippen LogP contribution in [0.3, 0.4) is 0 Å². The first-order valence-corrected chi connectivity index (χ1v) is 6.76. The van der Waals surface area contributed by atoms with Crippen LogP contribution in [0.15, 0.2) is 28.9 Å². The Hall–Kier alpha value is -1.16. The number of nitrogens with zero attached hydrogens (tertiary/aromatic N) is 1. The van der Waals surface area contributed by atoms with E-state index in [9.17, 15) is 0 Å². The molecule has 3 nitrogen and oxygen atoms in total. The van der Waals surface area contributed by atoms with Crippen LogP contribution in [0.5, 0.6) is 0 Å². The molecule has 0 spiro atoms. The molecule has 0 fully saturated rings. The van der Waals surface area contributed by atoms with Crippen molar-refractivity contribution in [1.82, 2.24) is 10.7 Å². The number of nitrogens with one attached hydrogen (secondary N) is 2. The molecule has 1 atom stereocenters. The van der Waals surface area contributed by atoms with Crippen molar-refractivity contribution in [2.75, 3.05) is 0 Å². The monoisotopic (exact) mass is 265 g/mol. The summed E-state index contributed by atoms with van der Waals surface area (Å²) >= 11 is 5.15. The van der Waals surface area contributed by atoms with Gasteiger partial charge in [-0.15, -0.1) is 0 Å². The minimum absolute atomic E-state index is 0.316. The number of thiocarbonyl (C=S) groups is 1. The number of rotatable bonds is 3. The Labute approximate surface area is 115 Å². The minimum Gasteiger partial charge on any atom is -0.359 e. The minimum atomic E-state index is 0.316. The standard InChI is InChI=1S/C14H23N3S/c1-9(2)12-7-6-11(5)13(8-12)16-17-14(18)15-10(3)4/h6,10,12H,1,7-8H2,2-5H3,(H2,15,17,18)/b16-13-/t12-/m1/s1. The average molecular weight is 265 g/mol. The maximum atomic E-state index is 5.15. The average Bonchev–Trinajstić information content (AvgIpc) is 2.26. The Bertz CT molecular complexity index is 394. The summed E-state index contributed by atoms with van der Waals surface area (Å²) in [6.07, 6.45) is 4.23. The van der Waals surface area contributed by atoms with E-state index < -0.39 is 0 Å². The first-order chi connectivity index (χ1) is 8.40. The lowest BCUT2D eigenvalue weighted by atomic mass is 9.85. The molecule has 0 aromatic rings. The zero-order valence-corrected chi connectivity index (χ0v) is 12.5. The van der Waals surface area contributed by atoms with Crippen LogP contribution in [-0.4, -0.2) is 16.9 Å². The molecular weight excluding hydrogens is 242 g/mol. The number of hydrazone groups is 1. The molecule has 0 unspecified atom stereocenters. The van der Waals surface area contributed by atoms with Gasteiger partial charge in [-0.25, -0.2) is 0 Å². The SMILES string of the molecule is C=C(C)[C@@H]1CC=C(C)/C(=N\NC(=S)NC(C)C)C1. The summed E-state index contributed by atoms with van der Waals surface area (Å²) in [4.78, 5) is 0. The molecule has 4 heteroatoms. The van der Waals surface area contributed by atoms with Crippen molar-refractivity contribution in [3.05, 3.63) is 23.8 Å². The molecule has 0 saturated heterocycles. The summed E-state index contributed by atoms with van der Waals surface area (Å²) in [5.74, 6) is 0.501. The van der Waals surface area contributed by atoms with Crippen molar-refractivity contribution in [1.29, 1.82) is 0 Å². The van der Waals surface area contributed by atoms with Gasteiger partial charge in [-0.2, -0.15) is 5.10 Å².